The van der Waals surface area contributed by atoms with Gasteiger partial charge in [-0.3, -0.25) is 9.69 Å². The monoisotopic (exact) mass is 226 g/mol. The number of carbonyl (C=O) groups excluding carboxylic acids is 1. The minimum Gasteiger partial charge on any atom is -0.468 e. The molecule has 0 saturated carbocycles. The highest BCUT2D eigenvalue weighted by Crippen LogP contribution is 2.24. The molecule has 0 radical (unpaired) electrons. The summed E-state index contributed by atoms with van der Waals surface area (Å²) in [5.41, 5.74) is 0. The minimum absolute atomic E-state index is 0.0156. The van der Waals surface area contributed by atoms with E-state index in [2.05, 4.69) is 10.2 Å². The van der Waals surface area contributed by atoms with Crippen LogP contribution in [0.5, 0.6) is 0 Å². The summed E-state index contributed by atoms with van der Waals surface area (Å²) in [7, 11) is 1.50. The van der Waals surface area contributed by atoms with Crippen molar-refractivity contribution in [3.05, 3.63) is 0 Å². The average molecular weight is 226 g/mol. The maximum absolute atomic E-state index is 11.7. The smallest absolute Gasteiger partial charge is 0.323 e. The molecule has 1 atom stereocenters. The van der Waals surface area contributed by atoms with Gasteiger partial charge in [-0.1, -0.05) is 6.42 Å². The fourth-order valence-electron chi connectivity index (χ4n) is 2.92. The maximum atomic E-state index is 11.7. The fourth-order valence-corrected chi connectivity index (χ4v) is 2.92. The average Bonchev–Trinajstić information content (AvgIpc) is 2.39. The standard InChI is InChI=1S/C12H22N2O2/c1-16-12(15)11-4-2-3-9-14(11)10-5-7-13-8-6-10/h10-11,13H,2-9H2,1H3/t11-/m0/s1. The van der Waals surface area contributed by atoms with Crippen LogP contribution in [0.2, 0.25) is 0 Å². The van der Waals surface area contributed by atoms with Gasteiger partial charge in [-0.2, -0.15) is 0 Å². The molecule has 0 spiro atoms. The molecule has 0 bridgehead atoms. The summed E-state index contributed by atoms with van der Waals surface area (Å²) in [6.45, 7) is 3.22. The zero-order valence-corrected chi connectivity index (χ0v) is 10.1. The van der Waals surface area contributed by atoms with Crippen molar-refractivity contribution >= 4 is 5.97 Å². The van der Waals surface area contributed by atoms with E-state index in [1.54, 1.807) is 0 Å². The molecule has 0 aromatic rings. The molecule has 0 unspecified atom stereocenters. The molecule has 16 heavy (non-hydrogen) atoms. The number of nitrogens with one attached hydrogen (secondary N) is 1. The van der Waals surface area contributed by atoms with Gasteiger partial charge in [-0.25, -0.2) is 0 Å². The van der Waals surface area contributed by atoms with Gasteiger partial charge in [0.1, 0.15) is 6.04 Å². The number of likely N-dealkylation sites (tertiary alicyclic amines) is 1. The summed E-state index contributed by atoms with van der Waals surface area (Å²) in [4.78, 5) is 14.1. The van der Waals surface area contributed by atoms with Crippen molar-refractivity contribution in [1.82, 2.24) is 10.2 Å². The zero-order valence-electron chi connectivity index (χ0n) is 10.1. The number of carbonyl (C=O) groups is 1. The van der Waals surface area contributed by atoms with E-state index in [9.17, 15) is 4.79 Å². The van der Waals surface area contributed by atoms with Gasteiger partial charge in [0, 0.05) is 6.04 Å². The normalized spacial score (nSPS) is 28.9. The second-order valence-corrected chi connectivity index (χ2v) is 4.75. The first-order valence-electron chi connectivity index (χ1n) is 6.37. The second kappa shape index (κ2) is 5.64. The molecule has 2 fully saturated rings. The van der Waals surface area contributed by atoms with E-state index >= 15 is 0 Å². The highest BCUT2D eigenvalue weighted by Gasteiger charge is 2.34. The van der Waals surface area contributed by atoms with Crippen molar-refractivity contribution in [3.8, 4) is 0 Å². The SMILES string of the molecule is COC(=O)[C@@H]1CCCCN1C1CCNCC1. The highest BCUT2D eigenvalue weighted by atomic mass is 16.5. The Morgan fingerprint density at radius 1 is 1.25 bits per heavy atom. The third-order valence-electron chi connectivity index (χ3n) is 3.80. The molecule has 92 valence electrons. The van der Waals surface area contributed by atoms with E-state index < -0.39 is 0 Å². The molecule has 0 aromatic carbocycles. The molecule has 2 aliphatic heterocycles. The van der Waals surface area contributed by atoms with Gasteiger partial charge in [0.15, 0.2) is 0 Å². The van der Waals surface area contributed by atoms with Crippen LogP contribution in [0.1, 0.15) is 32.1 Å². The van der Waals surface area contributed by atoms with Crippen molar-refractivity contribution in [3.63, 3.8) is 0 Å². The molecule has 2 rings (SSSR count). The Bertz CT molecular complexity index is 239. The Morgan fingerprint density at radius 2 is 2.00 bits per heavy atom. The van der Waals surface area contributed by atoms with Crippen LogP contribution >= 0.6 is 0 Å². The van der Waals surface area contributed by atoms with E-state index in [1.165, 1.54) is 13.5 Å². The van der Waals surface area contributed by atoms with Crippen LogP contribution in [0.4, 0.5) is 0 Å². The number of hydrogen-bond acceptors (Lipinski definition) is 4. The number of esters is 1. The molecule has 2 aliphatic rings. The summed E-state index contributed by atoms with van der Waals surface area (Å²) in [5.74, 6) is -0.0433. The lowest BCUT2D eigenvalue weighted by Crippen LogP contribution is -2.53. The number of ether oxygens (including phenoxy) is 1. The van der Waals surface area contributed by atoms with Crippen molar-refractivity contribution in [1.29, 1.82) is 0 Å². The van der Waals surface area contributed by atoms with Crippen molar-refractivity contribution in [2.75, 3.05) is 26.7 Å². The first-order valence-corrected chi connectivity index (χ1v) is 6.37. The quantitative estimate of drug-likeness (QED) is 0.706. The lowest BCUT2D eigenvalue weighted by atomic mass is 9.95. The lowest BCUT2D eigenvalue weighted by Gasteiger charge is -2.41. The van der Waals surface area contributed by atoms with Crippen molar-refractivity contribution in [2.45, 2.75) is 44.2 Å². The van der Waals surface area contributed by atoms with Gasteiger partial charge < -0.3 is 10.1 Å². The molecular weight excluding hydrogens is 204 g/mol. The molecule has 1 N–H and O–H groups in total. The van der Waals surface area contributed by atoms with Crippen LogP contribution in [-0.2, 0) is 9.53 Å². The second-order valence-electron chi connectivity index (χ2n) is 4.75. The predicted molar refractivity (Wildman–Crippen MR) is 62.3 cm³/mol. The summed E-state index contributed by atoms with van der Waals surface area (Å²) in [5, 5.41) is 3.37. The van der Waals surface area contributed by atoms with Gasteiger partial charge in [0.2, 0.25) is 0 Å². The largest absolute Gasteiger partial charge is 0.468 e. The topological polar surface area (TPSA) is 41.6 Å². The Labute approximate surface area is 97.3 Å². The maximum Gasteiger partial charge on any atom is 0.323 e. The first-order chi connectivity index (χ1) is 7.83. The molecular formula is C12H22N2O2. The molecule has 0 aromatic heterocycles. The molecule has 4 nitrogen and oxygen atoms in total. The van der Waals surface area contributed by atoms with Crippen molar-refractivity contribution < 1.29 is 9.53 Å². The number of nitrogens with zero attached hydrogens (tertiary/aromatic N) is 1. The minimum atomic E-state index is -0.0433. The molecule has 4 heteroatoms. The summed E-state index contributed by atoms with van der Waals surface area (Å²) in [6.07, 6.45) is 5.66. The van der Waals surface area contributed by atoms with Gasteiger partial charge in [0.25, 0.3) is 0 Å². The van der Waals surface area contributed by atoms with Crippen LogP contribution in [0, 0.1) is 0 Å². The number of methoxy groups -OCH3 is 1. The summed E-state index contributed by atoms with van der Waals surface area (Å²) < 4.78 is 4.91. The molecule has 0 aliphatic carbocycles. The molecule has 0 amide bonds. The Morgan fingerprint density at radius 3 is 2.69 bits per heavy atom. The Kier molecular flexibility index (Phi) is 4.18. The third kappa shape index (κ3) is 2.55. The molecule has 2 saturated heterocycles. The van der Waals surface area contributed by atoms with E-state index in [-0.39, 0.29) is 12.0 Å². The van der Waals surface area contributed by atoms with Crippen LogP contribution in [0.25, 0.3) is 0 Å². The number of piperidine rings is 2. The molecule has 2 heterocycles. The van der Waals surface area contributed by atoms with Crippen LogP contribution in [0.3, 0.4) is 0 Å². The van der Waals surface area contributed by atoms with Crippen LogP contribution < -0.4 is 5.32 Å². The van der Waals surface area contributed by atoms with E-state index in [0.717, 1.165) is 45.3 Å². The third-order valence-corrected chi connectivity index (χ3v) is 3.80. The van der Waals surface area contributed by atoms with Gasteiger partial charge in [0.05, 0.1) is 7.11 Å². The summed E-state index contributed by atoms with van der Waals surface area (Å²) >= 11 is 0. The Hall–Kier alpha value is -0.610. The van der Waals surface area contributed by atoms with Crippen LogP contribution in [0.15, 0.2) is 0 Å². The van der Waals surface area contributed by atoms with E-state index in [1.807, 2.05) is 0 Å². The number of hydrogen-bond donors (Lipinski definition) is 1. The van der Waals surface area contributed by atoms with Crippen molar-refractivity contribution in [2.24, 2.45) is 0 Å². The number of rotatable bonds is 2. The van der Waals surface area contributed by atoms with E-state index in [0.29, 0.717) is 6.04 Å². The van der Waals surface area contributed by atoms with E-state index in [4.69, 9.17) is 4.74 Å². The van der Waals surface area contributed by atoms with Gasteiger partial charge in [-0.05, 0) is 45.3 Å². The lowest BCUT2D eigenvalue weighted by molar-refractivity contribution is -0.149. The predicted octanol–water partition coefficient (Wildman–Crippen LogP) is 0.766. The zero-order chi connectivity index (χ0) is 11.4. The first kappa shape index (κ1) is 11.9. The van der Waals surface area contributed by atoms with Gasteiger partial charge in [-0.15, -0.1) is 0 Å². The fraction of sp³-hybridized carbons (Fsp3) is 0.917. The van der Waals surface area contributed by atoms with Gasteiger partial charge >= 0.3 is 5.97 Å². The summed E-state index contributed by atoms with van der Waals surface area (Å²) in [6, 6.07) is 0.590. The Balaban J connectivity index is 2.00. The van der Waals surface area contributed by atoms with Crippen LogP contribution in [-0.4, -0.2) is 49.7 Å². The highest BCUT2D eigenvalue weighted by molar-refractivity contribution is 5.75.